The van der Waals surface area contributed by atoms with E-state index in [1.807, 2.05) is 0 Å². The fraction of sp³-hybridized carbons (Fsp3) is 0.188. The van der Waals surface area contributed by atoms with E-state index in [4.69, 9.17) is 4.74 Å². The van der Waals surface area contributed by atoms with Crippen molar-refractivity contribution in [2.24, 2.45) is 0 Å². The molecule has 1 atom stereocenters. The zero-order valence-corrected chi connectivity index (χ0v) is 14.1. The molecule has 9 heteroatoms. The van der Waals surface area contributed by atoms with Crippen LogP contribution in [0.4, 0.5) is 14.9 Å². The Morgan fingerprint density at radius 1 is 1.36 bits per heavy atom. The predicted molar refractivity (Wildman–Crippen MR) is 90.6 cm³/mol. The van der Waals surface area contributed by atoms with Crippen LogP contribution in [0.3, 0.4) is 0 Å². The van der Waals surface area contributed by atoms with E-state index in [2.05, 4.69) is 9.44 Å². The highest BCUT2D eigenvalue weighted by molar-refractivity contribution is 7.84. The molecule has 2 aromatic rings. The Kier molecular flexibility index (Phi) is 4.86. The number of fused-ring (bicyclic) bond motifs is 1. The van der Waals surface area contributed by atoms with E-state index in [1.165, 1.54) is 30.1 Å². The van der Waals surface area contributed by atoms with Crippen LogP contribution >= 0.6 is 0 Å². The SMILES string of the molecule is CNS(=O)Nc1cccc(CN2Cc3ccc(O)cc3OC2=O)c1F. The quantitative estimate of drug-likeness (QED) is 0.758. The van der Waals surface area contributed by atoms with E-state index in [0.717, 1.165) is 0 Å². The predicted octanol–water partition coefficient (Wildman–Crippen LogP) is 2.26. The monoisotopic (exact) mass is 365 g/mol. The molecule has 1 heterocycles. The molecule has 1 aliphatic heterocycles. The molecule has 7 nitrogen and oxygen atoms in total. The van der Waals surface area contributed by atoms with Gasteiger partial charge in [0.15, 0.2) is 17.0 Å². The molecule has 1 unspecified atom stereocenters. The van der Waals surface area contributed by atoms with Crippen LogP contribution in [0.25, 0.3) is 0 Å². The lowest BCUT2D eigenvalue weighted by molar-refractivity contribution is 0.134. The summed E-state index contributed by atoms with van der Waals surface area (Å²) in [6.07, 6.45) is -0.630. The van der Waals surface area contributed by atoms with Gasteiger partial charge in [-0.1, -0.05) is 12.1 Å². The first-order valence-electron chi connectivity index (χ1n) is 7.40. The van der Waals surface area contributed by atoms with E-state index in [1.54, 1.807) is 18.2 Å². The zero-order valence-electron chi connectivity index (χ0n) is 13.3. The van der Waals surface area contributed by atoms with Crippen LogP contribution < -0.4 is 14.2 Å². The van der Waals surface area contributed by atoms with E-state index in [0.29, 0.717) is 11.3 Å². The highest BCUT2D eigenvalue weighted by Crippen LogP contribution is 2.31. The maximum atomic E-state index is 14.6. The molecule has 3 N–H and O–H groups in total. The van der Waals surface area contributed by atoms with E-state index in [-0.39, 0.29) is 30.1 Å². The summed E-state index contributed by atoms with van der Waals surface area (Å²) in [5.41, 5.74) is 1.04. The summed E-state index contributed by atoms with van der Waals surface area (Å²) in [5.74, 6) is -0.292. The Balaban J connectivity index is 1.81. The van der Waals surface area contributed by atoms with Crippen LogP contribution in [0.15, 0.2) is 36.4 Å². The van der Waals surface area contributed by atoms with Gasteiger partial charge in [-0.25, -0.2) is 18.1 Å². The lowest BCUT2D eigenvalue weighted by Gasteiger charge is -2.28. The number of nitrogens with zero attached hydrogens (tertiary/aromatic N) is 1. The van der Waals surface area contributed by atoms with Crippen LogP contribution in [0.1, 0.15) is 11.1 Å². The van der Waals surface area contributed by atoms with Gasteiger partial charge >= 0.3 is 6.09 Å². The molecule has 2 aromatic carbocycles. The molecule has 0 bridgehead atoms. The number of hydrogen-bond donors (Lipinski definition) is 3. The average molecular weight is 365 g/mol. The number of phenols is 1. The first kappa shape index (κ1) is 17.2. The molecular formula is C16H16FN3O4S. The number of aromatic hydroxyl groups is 1. The molecule has 0 fully saturated rings. The molecule has 0 saturated heterocycles. The van der Waals surface area contributed by atoms with Gasteiger partial charge in [-0.2, -0.15) is 0 Å². The third-order valence-electron chi connectivity index (χ3n) is 3.70. The smallest absolute Gasteiger partial charge is 0.415 e. The maximum absolute atomic E-state index is 14.6. The fourth-order valence-electron chi connectivity index (χ4n) is 2.46. The number of carbonyl (C=O) groups excluding carboxylic acids is 1. The molecule has 0 radical (unpaired) electrons. The minimum absolute atomic E-state index is 0.00218. The molecule has 132 valence electrons. The zero-order chi connectivity index (χ0) is 18.0. The van der Waals surface area contributed by atoms with Gasteiger partial charge in [0.1, 0.15) is 11.5 Å². The Labute approximate surface area is 146 Å². The van der Waals surface area contributed by atoms with Gasteiger partial charge < -0.3 is 9.84 Å². The fourth-order valence-corrected chi connectivity index (χ4v) is 2.91. The number of rotatable bonds is 5. The van der Waals surface area contributed by atoms with Crippen LogP contribution in [-0.4, -0.2) is 27.4 Å². The van der Waals surface area contributed by atoms with Crippen molar-refractivity contribution in [1.82, 2.24) is 9.62 Å². The van der Waals surface area contributed by atoms with Gasteiger partial charge in [0.2, 0.25) is 0 Å². The van der Waals surface area contributed by atoms with E-state index >= 15 is 0 Å². The Bertz CT molecular complexity index is 846. The Morgan fingerprint density at radius 3 is 2.92 bits per heavy atom. The number of nitrogens with one attached hydrogen (secondary N) is 2. The minimum atomic E-state index is -1.61. The first-order valence-corrected chi connectivity index (χ1v) is 8.54. The van der Waals surface area contributed by atoms with Crippen LogP contribution in [-0.2, 0) is 24.3 Å². The van der Waals surface area contributed by atoms with Gasteiger partial charge in [0.25, 0.3) is 0 Å². The number of anilines is 1. The van der Waals surface area contributed by atoms with Crippen molar-refractivity contribution in [3.63, 3.8) is 0 Å². The lowest BCUT2D eigenvalue weighted by atomic mass is 10.1. The number of phenolic OH excluding ortho intramolecular Hbond substituents is 1. The normalized spacial score (nSPS) is 14.6. The number of hydrogen-bond acceptors (Lipinski definition) is 4. The molecule has 0 spiro atoms. The summed E-state index contributed by atoms with van der Waals surface area (Å²) in [6, 6.07) is 9.11. The highest BCUT2D eigenvalue weighted by Gasteiger charge is 2.26. The van der Waals surface area contributed by atoms with Gasteiger partial charge in [-0.05, 0) is 25.2 Å². The minimum Gasteiger partial charge on any atom is -0.508 e. The summed E-state index contributed by atoms with van der Waals surface area (Å²) in [4.78, 5) is 13.5. The summed E-state index contributed by atoms with van der Waals surface area (Å²) in [7, 11) is 1.48. The second kappa shape index (κ2) is 7.08. The van der Waals surface area contributed by atoms with Crippen molar-refractivity contribution in [1.29, 1.82) is 0 Å². The van der Waals surface area contributed by atoms with E-state index in [9.17, 15) is 18.5 Å². The Morgan fingerprint density at radius 2 is 2.16 bits per heavy atom. The van der Waals surface area contributed by atoms with Crippen LogP contribution in [0, 0.1) is 5.82 Å². The number of ether oxygens (including phenoxy) is 1. The summed E-state index contributed by atoms with van der Waals surface area (Å²) in [6.45, 7) is 0.223. The molecular weight excluding hydrogens is 349 g/mol. The largest absolute Gasteiger partial charge is 0.508 e. The van der Waals surface area contributed by atoms with Crippen LogP contribution in [0.2, 0.25) is 0 Å². The summed E-state index contributed by atoms with van der Waals surface area (Å²) in [5, 5.41) is 9.44. The van der Waals surface area contributed by atoms with Crippen molar-refractivity contribution >= 4 is 23.0 Å². The standard InChI is InChI=1S/C16H16FN3O4S/c1-18-25(23)19-13-4-2-3-11(15(13)17)9-20-8-10-5-6-12(21)7-14(10)24-16(20)22/h2-7,18-19,21H,8-9H2,1H3. The lowest BCUT2D eigenvalue weighted by Crippen LogP contribution is -2.36. The van der Waals surface area contributed by atoms with Gasteiger partial charge in [0.05, 0.1) is 18.8 Å². The topological polar surface area (TPSA) is 90.9 Å². The van der Waals surface area contributed by atoms with E-state index < -0.39 is 23.1 Å². The molecule has 0 aromatic heterocycles. The molecule has 0 aliphatic carbocycles. The Hall–Kier alpha value is -2.65. The highest BCUT2D eigenvalue weighted by atomic mass is 32.2. The van der Waals surface area contributed by atoms with Crippen LogP contribution in [0.5, 0.6) is 11.5 Å². The molecule has 3 rings (SSSR count). The number of amides is 1. The van der Waals surface area contributed by atoms with Crippen molar-refractivity contribution in [2.45, 2.75) is 13.1 Å². The van der Waals surface area contributed by atoms with Crippen molar-refractivity contribution in [3.05, 3.63) is 53.3 Å². The second-order valence-corrected chi connectivity index (χ2v) is 6.52. The van der Waals surface area contributed by atoms with Gasteiger partial charge in [0, 0.05) is 17.2 Å². The van der Waals surface area contributed by atoms with Gasteiger partial charge in [-0.15, -0.1) is 0 Å². The first-order chi connectivity index (χ1) is 12.0. The number of benzene rings is 2. The molecule has 1 amide bonds. The third kappa shape index (κ3) is 3.72. The summed E-state index contributed by atoms with van der Waals surface area (Å²) >= 11 is -1.61. The molecule has 25 heavy (non-hydrogen) atoms. The molecule has 1 aliphatic rings. The number of halogens is 1. The summed E-state index contributed by atoms with van der Waals surface area (Å²) < 4.78 is 36.2. The van der Waals surface area contributed by atoms with Crippen molar-refractivity contribution < 1.29 is 23.2 Å². The van der Waals surface area contributed by atoms with Gasteiger partial charge in [-0.3, -0.25) is 9.62 Å². The average Bonchev–Trinajstić information content (AvgIpc) is 2.59. The third-order valence-corrected chi connectivity index (χ3v) is 4.47. The van der Waals surface area contributed by atoms with Crippen molar-refractivity contribution in [3.8, 4) is 11.5 Å². The maximum Gasteiger partial charge on any atom is 0.415 e. The molecule has 0 saturated carbocycles. The second-order valence-electron chi connectivity index (χ2n) is 5.37. The number of carbonyl (C=O) groups is 1. The van der Waals surface area contributed by atoms with Crippen molar-refractivity contribution in [2.75, 3.05) is 11.8 Å².